The van der Waals surface area contributed by atoms with Crippen molar-refractivity contribution in [3.8, 4) is 0 Å². The van der Waals surface area contributed by atoms with Crippen LogP contribution in [0.3, 0.4) is 0 Å². The van der Waals surface area contributed by atoms with Crippen molar-refractivity contribution in [3.63, 3.8) is 0 Å². The largest absolute Gasteiger partial charge is 0.382 e. The number of ether oxygens (including phenoxy) is 2. The minimum Gasteiger partial charge on any atom is -0.382 e. The van der Waals surface area contributed by atoms with Crippen LogP contribution in [0.25, 0.3) is 0 Å². The fraction of sp³-hybridized carbons (Fsp3) is 0.955. The summed E-state index contributed by atoms with van der Waals surface area (Å²) >= 11 is 0. The van der Waals surface area contributed by atoms with Crippen LogP contribution in [-0.4, -0.2) is 76.1 Å². The van der Waals surface area contributed by atoms with E-state index in [1.807, 2.05) is 0 Å². The van der Waals surface area contributed by atoms with Gasteiger partial charge in [-0.1, -0.05) is 25.7 Å². The van der Waals surface area contributed by atoms with E-state index in [9.17, 15) is 0 Å². The molecule has 1 heterocycles. The summed E-state index contributed by atoms with van der Waals surface area (Å²) in [5, 5.41) is 6.96. The number of rotatable bonds is 12. The summed E-state index contributed by atoms with van der Waals surface area (Å²) in [7, 11) is 1.71. The molecule has 0 spiro atoms. The summed E-state index contributed by atoms with van der Waals surface area (Å²) < 4.78 is 10.5. The zero-order valence-electron chi connectivity index (χ0n) is 18.8. The number of unbranched alkanes of at least 4 members (excludes halogenated alkanes) is 1. The van der Waals surface area contributed by atoms with Crippen molar-refractivity contribution in [2.75, 3.05) is 59.7 Å². The Morgan fingerprint density at radius 2 is 1.66 bits per heavy atom. The molecule has 2 N–H and O–H groups in total. The zero-order chi connectivity index (χ0) is 19.9. The van der Waals surface area contributed by atoms with Crippen LogP contribution in [0.1, 0.15) is 71.1 Å². The average Bonchev–Trinajstić information content (AvgIpc) is 2.75. The number of hydrogen-bond donors (Lipinski definition) is 2. The number of likely N-dealkylation sites (tertiary alicyclic amines) is 1. The molecular weight excluding hydrogens is 479 g/mol. The Hall–Kier alpha value is -0.120. The maximum atomic E-state index is 5.53. The van der Waals surface area contributed by atoms with Gasteiger partial charge in [0.25, 0.3) is 0 Å². The van der Waals surface area contributed by atoms with Gasteiger partial charge in [0.05, 0.1) is 19.8 Å². The number of halogens is 1. The van der Waals surface area contributed by atoms with E-state index in [2.05, 4.69) is 22.5 Å². The molecule has 2 fully saturated rings. The first kappa shape index (κ1) is 26.9. The van der Waals surface area contributed by atoms with Crippen molar-refractivity contribution < 1.29 is 9.47 Å². The van der Waals surface area contributed by atoms with Gasteiger partial charge in [0, 0.05) is 32.3 Å². The van der Waals surface area contributed by atoms with E-state index in [1.54, 1.807) is 7.11 Å². The number of guanidine groups is 1. The highest BCUT2D eigenvalue weighted by Gasteiger charge is 2.38. The van der Waals surface area contributed by atoms with E-state index >= 15 is 0 Å². The highest BCUT2D eigenvalue weighted by Crippen LogP contribution is 2.35. The fourth-order valence-electron chi connectivity index (χ4n) is 4.50. The molecule has 0 bridgehead atoms. The number of nitrogens with zero attached hydrogens (tertiary/aromatic N) is 2. The first-order valence-electron chi connectivity index (χ1n) is 11.6. The molecule has 2 rings (SSSR count). The molecule has 0 aromatic heterocycles. The van der Waals surface area contributed by atoms with E-state index in [1.165, 1.54) is 64.5 Å². The molecule has 172 valence electrons. The lowest BCUT2D eigenvalue weighted by Crippen LogP contribution is -2.54. The van der Waals surface area contributed by atoms with Crippen LogP contribution < -0.4 is 10.6 Å². The molecule has 1 aliphatic heterocycles. The first-order valence-corrected chi connectivity index (χ1v) is 11.6. The molecule has 0 amide bonds. The summed E-state index contributed by atoms with van der Waals surface area (Å²) in [4.78, 5) is 7.83. The number of aliphatic imine (C=N–C) groups is 1. The predicted molar refractivity (Wildman–Crippen MR) is 133 cm³/mol. The molecule has 0 radical (unpaired) electrons. The quantitative estimate of drug-likeness (QED) is 0.176. The Bertz CT molecular complexity index is 425. The van der Waals surface area contributed by atoms with Gasteiger partial charge >= 0.3 is 0 Å². The number of piperidine rings is 1. The Morgan fingerprint density at radius 1 is 0.931 bits per heavy atom. The molecule has 0 atom stereocenters. The smallest absolute Gasteiger partial charge is 0.191 e. The van der Waals surface area contributed by atoms with Gasteiger partial charge in [-0.15, -0.1) is 24.0 Å². The van der Waals surface area contributed by atoms with E-state index < -0.39 is 0 Å². The summed E-state index contributed by atoms with van der Waals surface area (Å²) in [6, 6.07) is 0. The van der Waals surface area contributed by atoms with E-state index in [4.69, 9.17) is 14.5 Å². The van der Waals surface area contributed by atoms with Crippen LogP contribution in [0.2, 0.25) is 0 Å². The van der Waals surface area contributed by atoms with Crippen molar-refractivity contribution in [3.05, 3.63) is 0 Å². The second-order valence-corrected chi connectivity index (χ2v) is 8.27. The fourth-order valence-corrected chi connectivity index (χ4v) is 4.50. The summed E-state index contributed by atoms with van der Waals surface area (Å²) in [6.45, 7) is 9.62. The highest BCUT2D eigenvalue weighted by atomic mass is 127. The molecule has 0 aromatic rings. The SMILES string of the molecule is CCNC(=NCC1(N2CCCCC2)CCCCC1)NCCCCOCCOC.I. The third-order valence-corrected chi connectivity index (χ3v) is 6.13. The van der Waals surface area contributed by atoms with Gasteiger partial charge in [-0.2, -0.15) is 0 Å². The van der Waals surface area contributed by atoms with Gasteiger partial charge in [0.1, 0.15) is 0 Å². The second kappa shape index (κ2) is 16.6. The summed E-state index contributed by atoms with van der Waals surface area (Å²) in [6.07, 6.45) is 13.0. The molecule has 0 unspecified atom stereocenters. The Morgan fingerprint density at radius 3 is 2.34 bits per heavy atom. The summed E-state index contributed by atoms with van der Waals surface area (Å²) in [5.41, 5.74) is 0.302. The highest BCUT2D eigenvalue weighted by molar-refractivity contribution is 14.0. The van der Waals surface area contributed by atoms with Gasteiger partial charge in [-0.05, 0) is 58.5 Å². The third kappa shape index (κ3) is 10.2. The number of hydrogen-bond acceptors (Lipinski definition) is 4. The molecule has 1 saturated carbocycles. The summed E-state index contributed by atoms with van der Waals surface area (Å²) in [5.74, 6) is 0.977. The Kier molecular flexibility index (Phi) is 15.4. The van der Waals surface area contributed by atoms with Crippen molar-refractivity contribution >= 4 is 29.9 Å². The van der Waals surface area contributed by atoms with Crippen molar-refractivity contribution in [1.82, 2.24) is 15.5 Å². The monoisotopic (exact) mass is 524 g/mol. The second-order valence-electron chi connectivity index (χ2n) is 8.27. The molecule has 6 nitrogen and oxygen atoms in total. The topological polar surface area (TPSA) is 58.1 Å². The molecule has 2 aliphatic rings. The third-order valence-electron chi connectivity index (χ3n) is 6.13. The van der Waals surface area contributed by atoms with Gasteiger partial charge in [-0.3, -0.25) is 9.89 Å². The molecule has 29 heavy (non-hydrogen) atoms. The van der Waals surface area contributed by atoms with E-state index in [0.717, 1.165) is 45.0 Å². The Balaban J connectivity index is 0.00000420. The van der Waals surface area contributed by atoms with E-state index in [0.29, 0.717) is 18.8 Å². The standard InChI is InChI=1S/C22H44N4O2.HI/c1-3-23-21(24-14-8-11-17-28-19-18-27-2)25-20-22(12-6-4-7-13-22)26-15-9-5-10-16-26;/h3-20H2,1-2H3,(H2,23,24,25);1H. The molecule has 7 heteroatoms. The maximum Gasteiger partial charge on any atom is 0.191 e. The van der Waals surface area contributed by atoms with Crippen LogP contribution in [-0.2, 0) is 9.47 Å². The van der Waals surface area contributed by atoms with Gasteiger partial charge < -0.3 is 20.1 Å². The lowest BCUT2D eigenvalue weighted by atomic mass is 9.79. The molecular formula is C22H45IN4O2. The van der Waals surface area contributed by atoms with Crippen LogP contribution in [0.5, 0.6) is 0 Å². The van der Waals surface area contributed by atoms with E-state index in [-0.39, 0.29) is 24.0 Å². The average molecular weight is 525 g/mol. The van der Waals surface area contributed by atoms with Crippen LogP contribution in [0.15, 0.2) is 4.99 Å². The maximum absolute atomic E-state index is 5.53. The lowest BCUT2D eigenvalue weighted by Gasteiger charge is -2.47. The number of nitrogens with one attached hydrogen (secondary N) is 2. The lowest BCUT2D eigenvalue weighted by molar-refractivity contribution is 0.0407. The minimum absolute atomic E-state index is 0. The van der Waals surface area contributed by atoms with Gasteiger partial charge in [0.15, 0.2) is 5.96 Å². The minimum atomic E-state index is 0. The van der Waals surface area contributed by atoms with Gasteiger partial charge in [-0.25, -0.2) is 0 Å². The van der Waals surface area contributed by atoms with Gasteiger partial charge in [0.2, 0.25) is 0 Å². The zero-order valence-corrected chi connectivity index (χ0v) is 21.2. The predicted octanol–water partition coefficient (Wildman–Crippen LogP) is 3.79. The number of methoxy groups -OCH3 is 1. The normalized spacial score (nSPS) is 20.1. The Labute approximate surface area is 196 Å². The molecule has 0 aromatic carbocycles. The first-order chi connectivity index (χ1) is 13.8. The van der Waals surface area contributed by atoms with Crippen LogP contribution in [0, 0.1) is 0 Å². The van der Waals surface area contributed by atoms with Crippen LogP contribution in [0.4, 0.5) is 0 Å². The van der Waals surface area contributed by atoms with Crippen LogP contribution >= 0.6 is 24.0 Å². The van der Waals surface area contributed by atoms with Crippen molar-refractivity contribution in [2.45, 2.75) is 76.7 Å². The van der Waals surface area contributed by atoms with Crippen molar-refractivity contribution in [2.24, 2.45) is 4.99 Å². The molecule has 1 saturated heterocycles. The molecule has 1 aliphatic carbocycles. The van der Waals surface area contributed by atoms with Crippen molar-refractivity contribution in [1.29, 1.82) is 0 Å².